The highest BCUT2D eigenvalue weighted by molar-refractivity contribution is 6.04. The zero-order valence-electron chi connectivity index (χ0n) is 16.8. The number of pyridine rings is 1. The van der Waals surface area contributed by atoms with Crippen molar-refractivity contribution in [2.24, 2.45) is 12.5 Å². The minimum Gasteiger partial charge on any atom is -0.449 e. The van der Waals surface area contributed by atoms with Crippen LogP contribution in [0.15, 0.2) is 42.6 Å². The van der Waals surface area contributed by atoms with Crippen LogP contribution >= 0.6 is 0 Å². The second-order valence-electron chi connectivity index (χ2n) is 9.21. The largest absolute Gasteiger partial charge is 0.449 e. The first kappa shape index (κ1) is 16.8. The van der Waals surface area contributed by atoms with Crippen molar-refractivity contribution in [3.8, 4) is 22.8 Å². The van der Waals surface area contributed by atoms with Gasteiger partial charge < -0.3 is 4.74 Å². The summed E-state index contributed by atoms with van der Waals surface area (Å²) < 4.78 is 8.84. The SMILES string of the molecule is Cc1ccc2cccc3c2c1-c1c(c(C2CCC(C)(C)CC2)cc[n+]1C)O3. The topological polar surface area (TPSA) is 13.1 Å². The van der Waals surface area contributed by atoms with Crippen molar-refractivity contribution in [1.29, 1.82) is 0 Å². The molecule has 1 aromatic heterocycles. The summed E-state index contributed by atoms with van der Waals surface area (Å²) >= 11 is 0. The summed E-state index contributed by atoms with van der Waals surface area (Å²) in [7, 11) is 2.14. The number of hydrogen-bond donors (Lipinski definition) is 0. The van der Waals surface area contributed by atoms with E-state index in [2.05, 4.69) is 75.0 Å². The summed E-state index contributed by atoms with van der Waals surface area (Å²) in [5.41, 5.74) is 5.76. The van der Waals surface area contributed by atoms with Crippen molar-refractivity contribution in [2.45, 2.75) is 52.4 Å². The third-order valence-corrected chi connectivity index (χ3v) is 6.75. The molecule has 0 amide bonds. The van der Waals surface area contributed by atoms with Gasteiger partial charge in [-0.1, -0.05) is 38.1 Å². The summed E-state index contributed by atoms with van der Waals surface area (Å²) in [6.07, 6.45) is 7.31. The first-order valence-corrected chi connectivity index (χ1v) is 10.2. The molecule has 0 spiro atoms. The maximum Gasteiger partial charge on any atom is 0.256 e. The molecule has 1 fully saturated rings. The molecule has 3 aromatic rings. The van der Waals surface area contributed by atoms with E-state index in [-0.39, 0.29) is 0 Å². The second-order valence-corrected chi connectivity index (χ2v) is 9.21. The van der Waals surface area contributed by atoms with E-state index in [1.807, 2.05) is 0 Å². The quantitative estimate of drug-likeness (QED) is 0.357. The minimum atomic E-state index is 0.478. The molecular weight excluding hydrogens is 330 g/mol. The molecule has 27 heavy (non-hydrogen) atoms. The zero-order chi connectivity index (χ0) is 18.8. The first-order chi connectivity index (χ1) is 12.9. The average molecular weight is 359 g/mol. The van der Waals surface area contributed by atoms with E-state index in [1.165, 1.54) is 58.8 Å². The fourth-order valence-electron chi connectivity index (χ4n) is 5.02. The molecule has 2 nitrogen and oxygen atoms in total. The Hall–Kier alpha value is -2.35. The van der Waals surface area contributed by atoms with Gasteiger partial charge in [0.05, 0.1) is 5.56 Å². The van der Waals surface area contributed by atoms with Gasteiger partial charge in [0.1, 0.15) is 12.8 Å². The molecule has 1 aliphatic carbocycles. The highest BCUT2D eigenvalue weighted by Gasteiger charge is 2.35. The van der Waals surface area contributed by atoms with Crippen LogP contribution in [-0.2, 0) is 7.05 Å². The number of aryl methyl sites for hydroxylation is 2. The Morgan fingerprint density at radius 2 is 1.81 bits per heavy atom. The number of ether oxygens (including phenoxy) is 1. The molecule has 0 saturated heterocycles. The van der Waals surface area contributed by atoms with E-state index in [4.69, 9.17) is 4.74 Å². The average Bonchev–Trinajstić information content (AvgIpc) is 2.65. The molecule has 5 rings (SSSR count). The number of nitrogens with zero attached hydrogens (tertiary/aromatic N) is 1. The van der Waals surface area contributed by atoms with Gasteiger partial charge in [0.2, 0.25) is 5.75 Å². The van der Waals surface area contributed by atoms with Crippen LogP contribution in [0, 0.1) is 12.3 Å². The summed E-state index contributed by atoms with van der Waals surface area (Å²) in [4.78, 5) is 0. The van der Waals surface area contributed by atoms with Crippen molar-refractivity contribution in [2.75, 3.05) is 0 Å². The van der Waals surface area contributed by atoms with Gasteiger partial charge in [0.25, 0.3) is 5.69 Å². The predicted molar refractivity (Wildman–Crippen MR) is 110 cm³/mol. The predicted octanol–water partition coefficient (Wildman–Crippen LogP) is 6.43. The van der Waals surface area contributed by atoms with E-state index in [0.29, 0.717) is 11.3 Å². The smallest absolute Gasteiger partial charge is 0.256 e. The molecule has 138 valence electrons. The maximum absolute atomic E-state index is 6.60. The molecule has 2 aliphatic rings. The summed E-state index contributed by atoms with van der Waals surface area (Å²) in [6, 6.07) is 13.2. The van der Waals surface area contributed by atoms with E-state index in [1.54, 1.807) is 0 Å². The molecule has 1 saturated carbocycles. The lowest BCUT2D eigenvalue weighted by Gasteiger charge is -2.35. The minimum absolute atomic E-state index is 0.478. The van der Waals surface area contributed by atoms with E-state index in [0.717, 1.165) is 11.5 Å². The van der Waals surface area contributed by atoms with Crippen molar-refractivity contribution >= 4 is 10.8 Å². The Morgan fingerprint density at radius 1 is 1.04 bits per heavy atom. The Morgan fingerprint density at radius 3 is 2.59 bits per heavy atom. The third kappa shape index (κ3) is 2.57. The van der Waals surface area contributed by atoms with Crippen molar-refractivity contribution in [3.63, 3.8) is 0 Å². The lowest BCUT2D eigenvalue weighted by Crippen LogP contribution is -2.33. The third-order valence-electron chi connectivity index (χ3n) is 6.75. The molecule has 0 unspecified atom stereocenters. The van der Waals surface area contributed by atoms with Gasteiger partial charge in [-0.15, -0.1) is 0 Å². The van der Waals surface area contributed by atoms with Gasteiger partial charge in [0, 0.05) is 17.0 Å². The van der Waals surface area contributed by atoms with Crippen molar-refractivity contribution < 1.29 is 9.30 Å². The van der Waals surface area contributed by atoms with Gasteiger partial charge >= 0.3 is 0 Å². The van der Waals surface area contributed by atoms with Gasteiger partial charge in [-0.05, 0) is 61.0 Å². The number of aromatic nitrogens is 1. The normalized spacial score (nSPS) is 18.2. The van der Waals surface area contributed by atoms with Crippen LogP contribution in [0.4, 0.5) is 0 Å². The first-order valence-electron chi connectivity index (χ1n) is 10.2. The second kappa shape index (κ2) is 5.82. The summed E-state index contributed by atoms with van der Waals surface area (Å²) in [5, 5.41) is 2.51. The molecule has 2 heteroatoms. The number of hydrogen-bond acceptors (Lipinski definition) is 1. The highest BCUT2D eigenvalue weighted by atomic mass is 16.5. The Bertz CT molecular complexity index is 1050. The monoisotopic (exact) mass is 358 g/mol. The number of benzene rings is 2. The van der Waals surface area contributed by atoms with Gasteiger partial charge in [-0.25, -0.2) is 0 Å². The zero-order valence-corrected chi connectivity index (χ0v) is 16.8. The van der Waals surface area contributed by atoms with Gasteiger partial charge in [-0.2, -0.15) is 4.57 Å². The van der Waals surface area contributed by atoms with E-state index in [9.17, 15) is 0 Å². The number of fused-ring (bicyclic) bond motifs is 2. The van der Waals surface area contributed by atoms with Crippen molar-refractivity contribution in [3.05, 3.63) is 53.7 Å². The Kier molecular flexibility index (Phi) is 3.62. The van der Waals surface area contributed by atoms with Crippen molar-refractivity contribution in [1.82, 2.24) is 0 Å². The van der Waals surface area contributed by atoms with E-state index >= 15 is 0 Å². The lowest BCUT2D eigenvalue weighted by atomic mass is 9.71. The highest BCUT2D eigenvalue weighted by Crippen LogP contribution is 2.51. The molecule has 1 aliphatic heterocycles. The molecule has 0 N–H and O–H groups in total. The van der Waals surface area contributed by atoms with Crippen LogP contribution < -0.4 is 9.30 Å². The molecule has 0 atom stereocenters. The van der Waals surface area contributed by atoms with Crippen LogP contribution in [0.5, 0.6) is 11.5 Å². The van der Waals surface area contributed by atoms with Gasteiger partial charge in [-0.3, -0.25) is 0 Å². The van der Waals surface area contributed by atoms with E-state index < -0.39 is 0 Å². The Balaban J connectivity index is 1.73. The fourth-order valence-corrected chi connectivity index (χ4v) is 5.02. The van der Waals surface area contributed by atoms with Crippen LogP contribution in [-0.4, -0.2) is 0 Å². The van der Waals surface area contributed by atoms with Crippen LogP contribution in [0.2, 0.25) is 0 Å². The fraction of sp³-hybridized carbons (Fsp3) is 0.400. The summed E-state index contributed by atoms with van der Waals surface area (Å²) in [5.74, 6) is 2.68. The molecule has 0 radical (unpaired) electrons. The Labute approximate surface area is 161 Å². The lowest BCUT2D eigenvalue weighted by molar-refractivity contribution is -0.660. The van der Waals surface area contributed by atoms with Gasteiger partial charge in [0.15, 0.2) is 6.20 Å². The standard InChI is InChI=1S/C25H28NO/c1-16-8-9-18-6-5-7-20-22(18)21(16)23-24(27-20)19(12-15-26(23)4)17-10-13-25(2,3)14-11-17/h5-9,12,15,17H,10-11,13-14H2,1-4H3/q+1. The molecular formula is C25H28NO+. The summed E-state index contributed by atoms with van der Waals surface area (Å²) in [6.45, 7) is 7.03. The van der Waals surface area contributed by atoms with Crippen LogP contribution in [0.1, 0.15) is 56.6 Å². The van der Waals surface area contributed by atoms with Crippen LogP contribution in [0.25, 0.3) is 22.0 Å². The maximum atomic E-state index is 6.60. The van der Waals surface area contributed by atoms with Crippen LogP contribution in [0.3, 0.4) is 0 Å². The molecule has 0 bridgehead atoms. The molecule has 2 heterocycles. The number of rotatable bonds is 1. The molecule has 2 aromatic carbocycles.